The second kappa shape index (κ2) is 5.97. The van der Waals surface area contributed by atoms with Crippen molar-refractivity contribution in [2.75, 3.05) is 13.2 Å². The van der Waals surface area contributed by atoms with Gasteiger partial charge in [-0.05, 0) is 20.8 Å². The number of nitrogens with one attached hydrogen (secondary N) is 1. The summed E-state index contributed by atoms with van der Waals surface area (Å²) in [4.78, 5) is 22.2. The molecule has 0 aromatic heterocycles. The van der Waals surface area contributed by atoms with Crippen LogP contribution >= 0.6 is 0 Å². The first-order valence-electron chi connectivity index (χ1n) is 5.59. The SMILES string of the molecule is CC(C)(C)OC(=O)NC(C=O)CC1OCCO1. The van der Waals surface area contributed by atoms with Crippen molar-refractivity contribution in [2.45, 2.75) is 45.1 Å². The Morgan fingerprint density at radius 2 is 2.06 bits per heavy atom. The van der Waals surface area contributed by atoms with Crippen LogP contribution < -0.4 is 5.32 Å². The van der Waals surface area contributed by atoms with Crippen molar-refractivity contribution < 1.29 is 23.8 Å². The number of ether oxygens (including phenoxy) is 3. The van der Waals surface area contributed by atoms with E-state index >= 15 is 0 Å². The van der Waals surface area contributed by atoms with E-state index in [1.165, 1.54) is 0 Å². The van der Waals surface area contributed by atoms with Crippen molar-refractivity contribution in [3.63, 3.8) is 0 Å². The molecule has 0 spiro atoms. The fourth-order valence-electron chi connectivity index (χ4n) is 1.36. The van der Waals surface area contributed by atoms with Gasteiger partial charge in [-0.15, -0.1) is 0 Å². The zero-order valence-electron chi connectivity index (χ0n) is 10.4. The average molecular weight is 245 g/mol. The van der Waals surface area contributed by atoms with Gasteiger partial charge in [-0.2, -0.15) is 0 Å². The number of hydrogen-bond donors (Lipinski definition) is 1. The first-order chi connectivity index (χ1) is 7.90. The van der Waals surface area contributed by atoms with Crippen LogP contribution in [0.4, 0.5) is 4.79 Å². The summed E-state index contributed by atoms with van der Waals surface area (Å²) >= 11 is 0. The van der Waals surface area contributed by atoms with Crippen LogP contribution in [0.2, 0.25) is 0 Å². The van der Waals surface area contributed by atoms with Gasteiger partial charge in [-0.3, -0.25) is 0 Å². The Kier molecular flexibility index (Phi) is 4.89. The van der Waals surface area contributed by atoms with E-state index in [9.17, 15) is 9.59 Å². The molecule has 1 N–H and O–H groups in total. The lowest BCUT2D eigenvalue weighted by Crippen LogP contribution is -2.41. The minimum atomic E-state index is -0.659. The van der Waals surface area contributed by atoms with E-state index in [4.69, 9.17) is 14.2 Å². The maximum atomic E-state index is 11.4. The predicted molar refractivity (Wildman–Crippen MR) is 59.5 cm³/mol. The third-order valence-corrected chi connectivity index (χ3v) is 2.00. The minimum absolute atomic E-state index is 0.294. The maximum absolute atomic E-state index is 11.4. The Bertz CT molecular complexity index is 268. The third kappa shape index (κ3) is 5.65. The molecule has 1 unspecified atom stereocenters. The predicted octanol–water partition coefficient (Wildman–Crippen LogP) is 0.842. The fraction of sp³-hybridized carbons (Fsp3) is 0.818. The van der Waals surface area contributed by atoms with Crippen molar-refractivity contribution in [3.05, 3.63) is 0 Å². The van der Waals surface area contributed by atoms with E-state index in [1.807, 2.05) is 0 Å². The van der Waals surface area contributed by atoms with E-state index in [2.05, 4.69) is 5.32 Å². The van der Waals surface area contributed by atoms with Crippen molar-refractivity contribution in [2.24, 2.45) is 0 Å². The van der Waals surface area contributed by atoms with Gasteiger partial charge in [0, 0.05) is 6.42 Å². The van der Waals surface area contributed by atoms with Crippen molar-refractivity contribution >= 4 is 12.4 Å². The van der Waals surface area contributed by atoms with Crippen LogP contribution in [0.3, 0.4) is 0 Å². The van der Waals surface area contributed by atoms with Crippen LogP contribution in [0.1, 0.15) is 27.2 Å². The molecule has 1 aliphatic heterocycles. The molecule has 1 saturated heterocycles. The van der Waals surface area contributed by atoms with E-state index in [0.717, 1.165) is 0 Å². The number of aldehydes is 1. The first kappa shape index (κ1) is 13.9. The van der Waals surface area contributed by atoms with Gasteiger partial charge >= 0.3 is 6.09 Å². The summed E-state index contributed by atoms with van der Waals surface area (Å²) in [6.45, 7) is 6.30. The van der Waals surface area contributed by atoms with Gasteiger partial charge in [0.2, 0.25) is 0 Å². The topological polar surface area (TPSA) is 73.9 Å². The molecule has 0 aromatic rings. The molecule has 6 nitrogen and oxygen atoms in total. The lowest BCUT2D eigenvalue weighted by Gasteiger charge is -2.22. The molecular weight excluding hydrogens is 226 g/mol. The summed E-state index contributed by atoms with van der Waals surface area (Å²) in [5, 5.41) is 2.46. The molecule has 17 heavy (non-hydrogen) atoms. The Balaban J connectivity index is 2.35. The highest BCUT2D eigenvalue weighted by molar-refractivity contribution is 5.73. The molecule has 6 heteroatoms. The number of hydrogen-bond acceptors (Lipinski definition) is 5. The summed E-state index contributed by atoms with van der Waals surface area (Å²) in [5.74, 6) is 0. The number of rotatable bonds is 4. The molecule has 98 valence electrons. The van der Waals surface area contributed by atoms with Crippen LogP contribution in [-0.4, -0.2) is 43.5 Å². The molecule has 1 heterocycles. The number of alkyl carbamates (subject to hydrolysis) is 1. The third-order valence-electron chi connectivity index (χ3n) is 2.00. The summed E-state index contributed by atoms with van der Waals surface area (Å²) in [7, 11) is 0. The van der Waals surface area contributed by atoms with Crippen LogP contribution in [0.25, 0.3) is 0 Å². The molecule has 1 fully saturated rings. The quantitative estimate of drug-likeness (QED) is 0.743. The van der Waals surface area contributed by atoms with E-state index in [-0.39, 0.29) is 0 Å². The summed E-state index contributed by atoms with van der Waals surface area (Å²) < 4.78 is 15.4. The largest absolute Gasteiger partial charge is 0.444 e. The fourth-order valence-corrected chi connectivity index (χ4v) is 1.36. The van der Waals surface area contributed by atoms with Crippen LogP contribution in [0, 0.1) is 0 Å². The van der Waals surface area contributed by atoms with Crippen molar-refractivity contribution in [1.29, 1.82) is 0 Å². The van der Waals surface area contributed by atoms with Gasteiger partial charge in [0.1, 0.15) is 11.9 Å². The Morgan fingerprint density at radius 1 is 1.47 bits per heavy atom. The van der Waals surface area contributed by atoms with Crippen molar-refractivity contribution in [3.8, 4) is 0 Å². The molecule has 1 amide bonds. The highest BCUT2D eigenvalue weighted by Gasteiger charge is 2.24. The van der Waals surface area contributed by atoms with Gasteiger partial charge in [0.15, 0.2) is 6.29 Å². The number of carbonyl (C=O) groups excluding carboxylic acids is 2. The van der Waals surface area contributed by atoms with E-state index in [1.54, 1.807) is 20.8 Å². The number of amides is 1. The zero-order valence-corrected chi connectivity index (χ0v) is 10.4. The summed E-state index contributed by atoms with van der Waals surface area (Å²) in [6.07, 6.45) is -0.106. The lowest BCUT2D eigenvalue weighted by molar-refractivity contribution is -0.113. The first-order valence-corrected chi connectivity index (χ1v) is 5.59. The van der Waals surface area contributed by atoms with Crippen LogP contribution in [0.5, 0.6) is 0 Å². The highest BCUT2D eigenvalue weighted by Crippen LogP contribution is 2.11. The standard InChI is InChI=1S/C11H19NO5/c1-11(2,3)17-10(14)12-8(7-13)6-9-15-4-5-16-9/h7-9H,4-6H2,1-3H3,(H,12,14). The summed E-state index contributed by atoms with van der Waals surface area (Å²) in [6, 6.07) is -0.659. The molecular formula is C11H19NO5. The molecule has 0 aromatic carbocycles. The van der Waals surface area contributed by atoms with E-state index < -0.39 is 24.0 Å². The molecule has 1 aliphatic rings. The average Bonchev–Trinajstić information content (AvgIpc) is 2.66. The Hall–Kier alpha value is -1.14. The maximum Gasteiger partial charge on any atom is 0.408 e. The Morgan fingerprint density at radius 3 is 2.53 bits per heavy atom. The monoisotopic (exact) mass is 245 g/mol. The second-order valence-corrected chi connectivity index (χ2v) is 4.80. The van der Waals surface area contributed by atoms with Crippen LogP contribution in [0.15, 0.2) is 0 Å². The highest BCUT2D eigenvalue weighted by atomic mass is 16.7. The molecule has 0 radical (unpaired) electrons. The van der Waals surface area contributed by atoms with Gasteiger partial charge in [-0.25, -0.2) is 4.79 Å². The molecule has 0 aliphatic carbocycles. The molecule has 0 bridgehead atoms. The summed E-state index contributed by atoms with van der Waals surface area (Å²) in [5.41, 5.74) is -0.585. The molecule has 1 atom stereocenters. The minimum Gasteiger partial charge on any atom is -0.444 e. The molecule has 1 rings (SSSR count). The Labute approximate surface area is 101 Å². The zero-order chi connectivity index (χ0) is 12.9. The number of carbonyl (C=O) groups is 2. The van der Waals surface area contributed by atoms with Crippen molar-refractivity contribution in [1.82, 2.24) is 5.32 Å². The normalized spacial score (nSPS) is 18.8. The van der Waals surface area contributed by atoms with E-state index in [0.29, 0.717) is 25.9 Å². The van der Waals surface area contributed by atoms with Gasteiger partial charge < -0.3 is 24.3 Å². The van der Waals surface area contributed by atoms with Gasteiger partial charge in [-0.1, -0.05) is 0 Å². The second-order valence-electron chi connectivity index (χ2n) is 4.80. The smallest absolute Gasteiger partial charge is 0.408 e. The van der Waals surface area contributed by atoms with Crippen LogP contribution in [-0.2, 0) is 19.0 Å². The molecule has 0 saturated carbocycles. The van der Waals surface area contributed by atoms with Gasteiger partial charge in [0.05, 0.1) is 19.3 Å². The van der Waals surface area contributed by atoms with Gasteiger partial charge in [0.25, 0.3) is 0 Å². The lowest BCUT2D eigenvalue weighted by atomic mass is 10.2.